The van der Waals surface area contributed by atoms with Gasteiger partial charge < -0.3 is 4.84 Å². The van der Waals surface area contributed by atoms with E-state index in [0.29, 0.717) is 6.42 Å². The largest absolute Gasteiger partial charge is 0.371 e. The molecule has 0 amide bonds. The fraction of sp³-hybridized carbons (Fsp3) is 0.944. The van der Waals surface area contributed by atoms with Gasteiger partial charge in [-0.2, -0.15) is 5.48 Å². The standard InChI is InChI=1S/C18H37NO2/c1-3-5-7-9-10-11-12-14-16-18(20)21-19-17-15-13-8-6-4-2/h19H,3-17H2,1-2H3. The van der Waals surface area contributed by atoms with Crippen LogP contribution in [-0.2, 0) is 9.63 Å². The Bertz CT molecular complexity index is 219. The zero-order chi connectivity index (χ0) is 15.6. The highest BCUT2D eigenvalue weighted by Gasteiger charge is 2.02. The highest BCUT2D eigenvalue weighted by Crippen LogP contribution is 2.09. The van der Waals surface area contributed by atoms with E-state index in [1.165, 1.54) is 64.2 Å². The average molecular weight is 299 g/mol. The Morgan fingerprint density at radius 1 is 0.714 bits per heavy atom. The summed E-state index contributed by atoms with van der Waals surface area (Å²) in [5, 5.41) is 0. The SMILES string of the molecule is CCCCCCCCCCC(=O)ONCCCCCCC. The molecule has 0 fully saturated rings. The smallest absolute Gasteiger partial charge is 0.324 e. The minimum Gasteiger partial charge on any atom is -0.371 e. The Morgan fingerprint density at radius 3 is 1.76 bits per heavy atom. The molecule has 0 radical (unpaired) electrons. The molecule has 0 aliphatic heterocycles. The highest BCUT2D eigenvalue weighted by atomic mass is 16.7. The van der Waals surface area contributed by atoms with E-state index < -0.39 is 0 Å². The molecule has 0 rings (SSSR count). The van der Waals surface area contributed by atoms with Gasteiger partial charge in [0, 0.05) is 13.0 Å². The molecule has 0 aromatic carbocycles. The van der Waals surface area contributed by atoms with Gasteiger partial charge in [0.15, 0.2) is 0 Å². The fourth-order valence-electron chi connectivity index (χ4n) is 2.39. The summed E-state index contributed by atoms with van der Waals surface area (Å²) in [5.41, 5.74) is 2.79. The van der Waals surface area contributed by atoms with E-state index in [2.05, 4.69) is 19.3 Å². The van der Waals surface area contributed by atoms with Gasteiger partial charge in [-0.15, -0.1) is 0 Å². The molecular weight excluding hydrogens is 262 g/mol. The van der Waals surface area contributed by atoms with Gasteiger partial charge in [-0.05, 0) is 12.8 Å². The van der Waals surface area contributed by atoms with Crippen LogP contribution in [0.1, 0.15) is 104 Å². The first-order valence-electron chi connectivity index (χ1n) is 9.23. The summed E-state index contributed by atoms with van der Waals surface area (Å²) in [6.07, 6.45) is 16.8. The van der Waals surface area contributed by atoms with Crippen LogP contribution in [0.25, 0.3) is 0 Å². The molecule has 0 aromatic heterocycles. The van der Waals surface area contributed by atoms with Gasteiger partial charge in [0.25, 0.3) is 0 Å². The lowest BCUT2D eigenvalue weighted by atomic mass is 10.1. The average Bonchev–Trinajstić information content (AvgIpc) is 2.49. The number of nitrogens with one attached hydrogen (secondary N) is 1. The second kappa shape index (κ2) is 17.5. The third-order valence-corrected chi connectivity index (χ3v) is 3.80. The van der Waals surface area contributed by atoms with Crippen LogP contribution in [0.4, 0.5) is 0 Å². The van der Waals surface area contributed by atoms with Crippen LogP contribution in [-0.4, -0.2) is 12.5 Å². The Morgan fingerprint density at radius 2 is 1.19 bits per heavy atom. The highest BCUT2D eigenvalue weighted by molar-refractivity contribution is 5.68. The lowest BCUT2D eigenvalue weighted by Crippen LogP contribution is -2.20. The molecule has 0 saturated heterocycles. The van der Waals surface area contributed by atoms with E-state index >= 15 is 0 Å². The molecule has 3 nitrogen and oxygen atoms in total. The van der Waals surface area contributed by atoms with E-state index in [4.69, 9.17) is 4.84 Å². The molecule has 0 spiro atoms. The normalized spacial score (nSPS) is 10.8. The quantitative estimate of drug-likeness (QED) is 0.300. The first-order valence-corrected chi connectivity index (χ1v) is 9.23. The van der Waals surface area contributed by atoms with Crippen LogP contribution in [0.15, 0.2) is 0 Å². The third-order valence-electron chi connectivity index (χ3n) is 3.80. The summed E-state index contributed by atoms with van der Waals surface area (Å²) in [5.74, 6) is -0.102. The minimum absolute atomic E-state index is 0.102. The van der Waals surface area contributed by atoms with Gasteiger partial charge in [0.05, 0.1) is 0 Å². The predicted molar refractivity (Wildman–Crippen MR) is 90.1 cm³/mol. The lowest BCUT2D eigenvalue weighted by molar-refractivity contribution is -0.151. The van der Waals surface area contributed by atoms with Crippen LogP contribution in [0.2, 0.25) is 0 Å². The third kappa shape index (κ3) is 17.4. The van der Waals surface area contributed by atoms with Crippen molar-refractivity contribution in [2.75, 3.05) is 6.54 Å². The maximum Gasteiger partial charge on any atom is 0.324 e. The molecule has 0 heterocycles. The maximum atomic E-state index is 11.5. The van der Waals surface area contributed by atoms with Crippen LogP contribution < -0.4 is 5.48 Å². The molecule has 0 atom stereocenters. The maximum absolute atomic E-state index is 11.5. The summed E-state index contributed by atoms with van der Waals surface area (Å²) in [6, 6.07) is 0. The zero-order valence-electron chi connectivity index (χ0n) is 14.4. The molecule has 1 N–H and O–H groups in total. The zero-order valence-corrected chi connectivity index (χ0v) is 14.4. The van der Waals surface area contributed by atoms with Crippen molar-refractivity contribution in [1.29, 1.82) is 0 Å². The Labute approximate surface area is 132 Å². The summed E-state index contributed by atoms with van der Waals surface area (Å²) in [6.45, 7) is 5.24. The van der Waals surface area contributed by atoms with E-state index in [1.807, 2.05) is 0 Å². The minimum atomic E-state index is -0.102. The van der Waals surface area contributed by atoms with Gasteiger partial charge in [-0.3, -0.25) is 4.79 Å². The number of hydroxylamine groups is 1. The van der Waals surface area contributed by atoms with Gasteiger partial charge in [0.2, 0.25) is 0 Å². The van der Waals surface area contributed by atoms with E-state index in [1.54, 1.807) is 0 Å². The monoisotopic (exact) mass is 299 g/mol. The molecular formula is C18H37NO2. The molecule has 3 heteroatoms. The van der Waals surface area contributed by atoms with Gasteiger partial charge in [-0.1, -0.05) is 84.5 Å². The summed E-state index contributed by atoms with van der Waals surface area (Å²) in [4.78, 5) is 16.5. The second-order valence-electron chi connectivity index (χ2n) is 6.01. The van der Waals surface area contributed by atoms with Crippen molar-refractivity contribution < 1.29 is 9.63 Å². The number of hydrogen-bond donors (Lipinski definition) is 1. The molecule has 126 valence electrons. The molecule has 0 saturated carbocycles. The van der Waals surface area contributed by atoms with Gasteiger partial charge >= 0.3 is 5.97 Å². The molecule has 0 unspecified atom stereocenters. The van der Waals surface area contributed by atoms with Gasteiger partial charge in [-0.25, -0.2) is 0 Å². The number of rotatable bonds is 16. The molecule has 0 aromatic rings. The van der Waals surface area contributed by atoms with Crippen LogP contribution >= 0.6 is 0 Å². The van der Waals surface area contributed by atoms with Crippen molar-refractivity contribution in [2.24, 2.45) is 0 Å². The van der Waals surface area contributed by atoms with Crippen LogP contribution in [0.5, 0.6) is 0 Å². The molecule has 21 heavy (non-hydrogen) atoms. The topological polar surface area (TPSA) is 38.3 Å². The first kappa shape index (κ1) is 20.4. The van der Waals surface area contributed by atoms with Crippen molar-refractivity contribution in [3.8, 4) is 0 Å². The number of carbonyl (C=O) groups excluding carboxylic acids is 1. The van der Waals surface area contributed by atoms with Crippen LogP contribution in [0.3, 0.4) is 0 Å². The number of carbonyl (C=O) groups is 1. The lowest BCUT2D eigenvalue weighted by Gasteiger charge is -2.06. The predicted octanol–water partition coefficient (Wildman–Crippen LogP) is 5.54. The molecule has 0 bridgehead atoms. The van der Waals surface area contributed by atoms with Crippen molar-refractivity contribution in [3.63, 3.8) is 0 Å². The molecule has 0 aliphatic rings. The van der Waals surface area contributed by atoms with Crippen LogP contribution in [0, 0.1) is 0 Å². The van der Waals surface area contributed by atoms with Crippen molar-refractivity contribution in [1.82, 2.24) is 5.48 Å². The Balaban J connectivity index is 3.13. The Hall–Kier alpha value is -0.570. The summed E-state index contributed by atoms with van der Waals surface area (Å²) in [7, 11) is 0. The number of unbranched alkanes of at least 4 members (excludes halogenated alkanes) is 11. The van der Waals surface area contributed by atoms with E-state index in [-0.39, 0.29) is 5.97 Å². The van der Waals surface area contributed by atoms with E-state index in [9.17, 15) is 4.79 Å². The van der Waals surface area contributed by atoms with Crippen molar-refractivity contribution >= 4 is 5.97 Å². The van der Waals surface area contributed by atoms with E-state index in [0.717, 1.165) is 25.8 Å². The summed E-state index contributed by atoms with van der Waals surface area (Å²) >= 11 is 0. The van der Waals surface area contributed by atoms with Crippen molar-refractivity contribution in [2.45, 2.75) is 104 Å². The first-order chi connectivity index (χ1) is 10.3. The van der Waals surface area contributed by atoms with Crippen molar-refractivity contribution in [3.05, 3.63) is 0 Å². The Kier molecular flexibility index (Phi) is 17.0. The second-order valence-corrected chi connectivity index (χ2v) is 6.01. The fourth-order valence-corrected chi connectivity index (χ4v) is 2.39. The molecule has 0 aliphatic carbocycles. The summed E-state index contributed by atoms with van der Waals surface area (Å²) < 4.78 is 0. The van der Waals surface area contributed by atoms with Gasteiger partial charge in [0.1, 0.15) is 0 Å². The number of hydrogen-bond acceptors (Lipinski definition) is 3.